The molecule has 0 aromatic heterocycles. The molecular formula is C28H32N4O4. The molecule has 2 aliphatic heterocycles. The van der Waals surface area contributed by atoms with Crippen molar-refractivity contribution in [3.05, 3.63) is 64.7 Å². The number of nitrogens with one attached hydrogen (secondary N) is 3. The number of hydrogen-bond acceptors (Lipinski definition) is 4. The average Bonchev–Trinajstić information content (AvgIpc) is 3.47. The molecule has 5 amide bonds. The first kappa shape index (κ1) is 24.0. The van der Waals surface area contributed by atoms with Crippen molar-refractivity contribution in [3.63, 3.8) is 0 Å². The molecule has 0 bridgehead atoms. The maximum absolute atomic E-state index is 12.9. The number of piperidine rings is 1. The van der Waals surface area contributed by atoms with Gasteiger partial charge in [0.2, 0.25) is 11.8 Å². The third kappa shape index (κ3) is 4.72. The van der Waals surface area contributed by atoms with Crippen LogP contribution in [0.1, 0.15) is 85.3 Å². The van der Waals surface area contributed by atoms with Gasteiger partial charge < -0.3 is 15.5 Å². The van der Waals surface area contributed by atoms with E-state index in [0.29, 0.717) is 23.6 Å². The van der Waals surface area contributed by atoms with Crippen LogP contribution in [0.5, 0.6) is 0 Å². The van der Waals surface area contributed by atoms with Crippen LogP contribution in [0.15, 0.2) is 42.5 Å². The van der Waals surface area contributed by atoms with Crippen LogP contribution >= 0.6 is 0 Å². The predicted octanol–water partition coefficient (Wildman–Crippen LogP) is 4.16. The van der Waals surface area contributed by atoms with Gasteiger partial charge in [-0.25, -0.2) is 4.79 Å². The molecule has 2 fully saturated rings. The SMILES string of the molecule is CC(C)(NC(=O)Nc1ccc2c(c1)CN(C1CCC(=O)NC1=O)C2=O)c1ccc(C2CCCC2)cc1. The van der Waals surface area contributed by atoms with Gasteiger partial charge in [-0.05, 0) is 73.9 Å². The summed E-state index contributed by atoms with van der Waals surface area (Å²) in [4.78, 5) is 50.9. The van der Waals surface area contributed by atoms with Crippen LogP contribution in [0.3, 0.4) is 0 Å². The molecule has 3 N–H and O–H groups in total. The molecule has 1 saturated heterocycles. The summed E-state index contributed by atoms with van der Waals surface area (Å²) < 4.78 is 0. The second-order valence-corrected chi connectivity index (χ2v) is 10.6. The summed E-state index contributed by atoms with van der Waals surface area (Å²) in [6.07, 6.45) is 5.62. The standard InChI is InChI=1S/C28H32N4O4/c1-28(2,20-9-7-18(8-10-20)17-5-3-4-6-17)31-27(36)29-21-11-12-22-19(15-21)16-32(26(22)35)23-13-14-24(33)30-25(23)34/h7-12,15,17,23H,3-6,13-14,16H2,1-2H3,(H2,29,31,36)(H,30,33,34). The second kappa shape index (κ2) is 9.41. The molecule has 0 spiro atoms. The molecule has 1 aliphatic carbocycles. The molecule has 0 radical (unpaired) electrons. The summed E-state index contributed by atoms with van der Waals surface area (Å²) in [5.41, 5.74) is 3.64. The molecule has 36 heavy (non-hydrogen) atoms. The second-order valence-electron chi connectivity index (χ2n) is 10.6. The molecule has 5 rings (SSSR count). The Bertz CT molecular complexity index is 1210. The van der Waals surface area contributed by atoms with Crippen LogP contribution in [0.2, 0.25) is 0 Å². The highest BCUT2D eigenvalue weighted by atomic mass is 16.2. The van der Waals surface area contributed by atoms with Crippen molar-refractivity contribution in [2.45, 2.75) is 76.4 Å². The smallest absolute Gasteiger partial charge is 0.319 e. The normalized spacial score (nSPS) is 20.3. The van der Waals surface area contributed by atoms with Crippen molar-refractivity contribution in [1.82, 2.24) is 15.5 Å². The van der Waals surface area contributed by atoms with Gasteiger partial charge in [-0.1, -0.05) is 37.1 Å². The van der Waals surface area contributed by atoms with E-state index in [4.69, 9.17) is 0 Å². The van der Waals surface area contributed by atoms with Gasteiger partial charge in [0.25, 0.3) is 5.91 Å². The number of amides is 5. The van der Waals surface area contributed by atoms with E-state index >= 15 is 0 Å². The molecule has 1 unspecified atom stereocenters. The lowest BCUT2D eigenvalue weighted by Gasteiger charge is -2.29. The number of fused-ring (bicyclic) bond motifs is 1. The Morgan fingerprint density at radius 2 is 1.72 bits per heavy atom. The minimum absolute atomic E-state index is 0.211. The minimum atomic E-state index is -0.664. The van der Waals surface area contributed by atoms with Crippen molar-refractivity contribution in [2.24, 2.45) is 0 Å². The largest absolute Gasteiger partial charge is 0.329 e. The maximum Gasteiger partial charge on any atom is 0.319 e. The van der Waals surface area contributed by atoms with Gasteiger partial charge in [0, 0.05) is 24.2 Å². The van der Waals surface area contributed by atoms with Gasteiger partial charge in [-0.15, -0.1) is 0 Å². The highest BCUT2D eigenvalue weighted by Crippen LogP contribution is 2.35. The number of carbonyl (C=O) groups is 4. The number of imide groups is 1. The zero-order valence-electron chi connectivity index (χ0n) is 20.7. The number of rotatable bonds is 5. The molecule has 3 aliphatic rings. The van der Waals surface area contributed by atoms with E-state index in [1.165, 1.54) is 36.1 Å². The summed E-state index contributed by atoms with van der Waals surface area (Å²) in [6, 6.07) is 12.7. The van der Waals surface area contributed by atoms with Gasteiger partial charge >= 0.3 is 6.03 Å². The van der Waals surface area contributed by atoms with Crippen molar-refractivity contribution < 1.29 is 19.2 Å². The van der Waals surface area contributed by atoms with Crippen molar-refractivity contribution in [1.29, 1.82) is 0 Å². The molecule has 2 aromatic rings. The Morgan fingerprint density at radius 1 is 1.00 bits per heavy atom. The van der Waals surface area contributed by atoms with Gasteiger partial charge in [0.15, 0.2) is 0 Å². The van der Waals surface area contributed by atoms with E-state index in [1.807, 2.05) is 13.8 Å². The van der Waals surface area contributed by atoms with E-state index in [9.17, 15) is 19.2 Å². The molecular weight excluding hydrogens is 456 g/mol. The molecule has 2 heterocycles. The Labute approximate surface area is 210 Å². The molecule has 8 heteroatoms. The summed E-state index contributed by atoms with van der Waals surface area (Å²) in [6.45, 7) is 4.20. The van der Waals surface area contributed by atoms with Crippen LogP contribution < -0.4 is 16.0 Å². The Hall–Kier alpha value is -3.68. The molecule has 2 aromatic carbocycles. The van der Waals surface area contributed by atoms with Crippen LogP contribution in [0.25, 0.3) is 0 Å². The van der Waals surface area contributed by atoms with Gasteiger partial charge in [-0.2, -0.15) is 0 Å². The monoisotopic (exact) mass is 488 g/mol. The highest BCUT2D eigenvalue weighted by Gasteiger charge is 2.39. The van der Waals surface area contributed by atoms with Gasteiger partial charge in [-0.3, -0.25) is 19.7 Å². The number of urea groups is 1. The first-order valence-electron chi connectivity index (χ1n) is 12.7. The lowest BCUT2D eigenvalue weighted by atomic mass is 9.90. The van der Waals surface area contributed by atoms with Crippen LogP contribution in [0, 0.1) is 0 Å². The number of benzene rings is 2. The number of anilines is 1. The topological polar surface area (TPSA) is 108 Å². The van der Waals surface area contributed by atoms with Crippen LogP contribution in [0.4, 0.5) is 10.5 Å². The van der Waals surface area contributed by atoms with Crippen molar-refractivity contribution in [3.8, 4) is 0 Å². The Morgan fingerprint density at radius 3 is 2.42 bits per heavy atom. The van der Waals surface area contributed by atoms with Crippen LogP contribution in [-0.4, -0.2) is 34.7 Å². The van der Waals surface area contributed by atoms with E-state index < -0.39 is 17.5 Å². The molecule has 1 atom stereocenters. The van der Waals surface area contributed by atoms with Crippen molar-refractivity contribution >= 4 is 29.4 Å². The fraction of sp³-hybridized carbons (Fsp3) is 0.429. The third-order valence-electron chi connectivity index (χ3n) is 7.67. The fourth-order valence-electron chi connectivity index (χ4n) is 5.60. The summed E-state index contributed by atoms with van der Waals surface area (Å²) in [7, 11) is 0. The Balaban J connectivity index is 1.22. The van der Waals surface area contributed by atoms with Crippen molar-refractivity contribution in [2.75, 3.05) is 5.32 Å². The quantitative estimate of drug-likeness (QED) is 0.549. The number of carbonyl (C=O) groups excluding carboxylic acids is 4. The third-order valence-corrected chi connectivity index (χ3v) is 7.67. The van der Waals surface area contributed by atoms with Gasteiger partial charge in [0.1, 0.15) is 6.04 Å². The van der Waals surface area contributed by atoms with E-state index in [2.05, 4.69) is 40.2 Å². The zero-order valence-corrected chi connectivity index (χ0v) is 20.7. The minimum Gasteiger partial charge on any atom is -0.329 e. The van der Waals surface area contributed by atoms with E-state index in [-0.39, 0.29) is 30.8 Å². The fourth-order valence-corrected chi connectivity index (χ4v) is 5.60. The maximum atomic E-state index is 12.9. The zero-order chi connectivity index (χ0) is 25.4. The highest BCUT2D eigenvalue weighted by molar-refractivity contribution is 6.05. The Kier molecular flexibility index (Phi) is 6.28. The lowest BCUT2D eigenvalue weighted by Crippen LogP contribution is -2.52. The lowest BCUT2D eigenvalue weighted by molar-refractivity contribution is -0.136. The summed E-state index contributed by atoms with van der Waals surface area (Å²) in [5.74, 6) is -0.345. The first-order valence-corrected chi connectivity index (χ1v) is 12.7. The van der Waals surface area contributed by atoms with Crippen LogP contribution in [-0.2, 0) is 21.7 Å². The molecule has 8 nitrogen and oxygen atoms in total. The first-order chi connectivity index (χ1) is 17.2. The van der Waals surface area contributed by atoms with E-state index in [1.54, 1.807) is 18.2 Å². The molecule has 188 valence electrons. The van der Waals surface area contributed by atoms with E-state index in [0.717, 1.165) is 11.1 Å². The number of hydrogen-bond donors (Lipinski definition) is 3. The molecule has 1 saturated carbocycles. The predicted molar refractivity (Wildman–Crippen MR) is 135 cm³/mol. The average molecular weight is 489 g/mol. The summed E-state index contributed by atoms with van der Waals surface area (Å²) >= 11 is 0. The summed E-state index contributed by atoms with van der Waals surface area (Å²) in [5, 5.41) is 8.22. The van der Waals surface area contributed by atoms with Gasteiger partial charge in [0.05, 0.1) is 5.54 Å². The number of nitrogens with zero attached hydrogens (tertiary/aromatic N) is 1.